The van der Waals surface area contributed by atoms with Crippen LogP contribution in [0, 0.1) is 5.92 Å². The Labute approximate surface area is 115 Å². The normalized spacial score (nSPS) is 21.9. The minimum atomic E-state index is -3.02. The second-order valence-electron chi connectivity index (χ2n) is 6.20. The molecular weight excluding hydrogens is 260 g/mol. The van der Waals surface area contributed by atoms with Gasteiger partial charge in [-0.25, -0.2) is 8.42 Å². The van der Waals surface area contributed by atoms with Crippen LogP contribution in [0.5, 0.6) is 0 Å². The molecule has 0 radical (unpaired) electrons. The lowest BCUT2D eigenvalue weighted by Gasteiger charge is -2.41. The van der Waals surface area contributed by atoms with Gasteiger partial charge in [-0.2, -0.15) is 0 Å². The molecular formula is C15H22O3S. The molecule has 0 bridgehead atoms. The van der Waals surface area contributed by atoms with Gasteiger partial charge in [-0.05, 0) is 23.5 Å². The van der Waals surface area contributed by atoms with Crippen molar-refractivity contribution in [2.75, 3.05) is 11.5 Å². The van der Waals surface area contributed by atoms with E-state index in [1.165, 1.54) is 5.56 Å². The molecule has 2 rings (SSSR count). The van der Waals surface area contributed by atoms with Crippen molar-refractivity contribution in [3.8, 4) is 0 Å². The van der Waals surface area contributed by atoms with E-state index in [-0.39, 0.29) is 17.4 Å². The molecule has 0 aromatic heterocycles. The molecule has 0 saturated carbocycles. The van der Waals surface area contributed by atoms with Crippen LogP contribution in [0.3, 0.4) is 0 Å². The van der Waals surface area contributed by atoms with Crippen LogP contribution in [0.2, 0.25) is 0 Å². The zero-order valence-electron chi connectivity index (χ0n) is 11.8. The Morgan fingerprint density at radius 3 is 2.11 bits per heavy atom. The third-order valence-corrected chi connectivity index (χ3v) is 5.75. The molecule has 1 heterocycles. The summed E-state index contributed by atoms with van der Waals surface area (Å²) in [5.41, 5.74) is 1.20. The number of rotatable bonds is 4. The van der Waals surface area contributed by atoms with Gasteiger partial charge in [-0.1, -0.05) is 45.0 Å². The predicted molar refractivity (Wildman–Crippen MR) is 77.0 cm³/mol. The number of sulfone groups is 1. The molecule has 4 heteroatoms. The summed E-state index contributed by atoms with van der Waals surface area (Å²) in [6.45, 7) is 6.25. The first-order valence-corrected chi connectivity index (χ1v) is 8.56. The quantitative estimate of drug-likeness (QED) is 0.920. The molecule has 1 unspecified atom stereocenters. The Kier molecular flexibility index (Phi) is 3.76. The summed E-state index contributed by atoms with van der Waals surface area (Å²) >= 11 is 0. The summed E-state index contributed by atoms with van der Waals surface area (Å²) in [4.78, 5) is 0. The van der Waals surface area contributed by atoms with E-state index in [9.17, 15) is 13.5 Å². The molecule has 1 saturated heterocycles. The Bertz CT molecular complexity index is 531. The summed E-state index contributed by atoms with van der Waals surface area (Å²) in [5.74, 6) is 0.234. The molecule has 1 atom stereocenters. The summed E-state index contributed by atoms with van der Waals surface area (Å²) in [6, 6.07) is 8.15. The highest BCUT2D eigenvalue weighted by Gasteiger charge is 2.51. The second-order valence-corrected chi connectivity index (χ2v) is 8.26. The van der Waals surface area contributed by atoms with Crippen molar-refractivity contribution in [3.05, 3.63) is 35.4 Å². The maximum atomic E-state index is 11.3. The fourth-order valence-corrected chi connectivity index (χ4v) is 4.63. The van der Waals surface area contributed by atoms with Gasteiger partial charge in [0.1, 0.15) is 0 Å². The van der Waals surface area contributed by atoms with Gasteiger partial charge in [0.05, 0.1) is 17.1 Å². The molecule has 19 heavy (non-hydrogen) atoms. The fourth-order valence-electron chi connectivity index (χ4n) is 2.69. The van der Waals surface area contributed by atoms with Crippen LogP contribution in [-0.2, 0) is 16.3 Å². The number of hydrogen-bond donors (Lipinski definition) is 1. The van der Waals surface area contributed by atoms with Crippen molar-refractivity contribution in [3.63, 3.8) is 0 Å². The third kappa shape index (κ3) is 3.18. The first-order chi connectivity index (χ1) is 8.72. The Hall–Kier alpha value is -0.870. The summed E-state index contributed by atoms with van der Waals surface area (Å²) in [6.07, 6.45) is 1.04. The van der Waals surface area contributed by atoms with Crippen LogP contribution in [0.1, 0.15) is 37.8 Å². The van der Waals surface area contributed by atoms with Crippen molar-refractivity contribution < 1.29 is 13.5 Å². The predicted octanol–water partition coefficient (Wildman–Crippen LogP) is 2.15. The van der Waals surface area contributed by atoms with Crippen molar-refractivity contribution in [2.24, 2.45) is 5.92 Å². The summed E-state index contributed by atoms with van der Waals surface area (Å²) < 4.78 is 22.5. The second kappa shape index (κ2) is 4.91. The molecule has 3 nitrogen and oxygen atoms in total. The van der Waals surface area contributed by atoms with Crippen LogP contribution in [0.25, 0.3) is 0 Å². The Balaban J connectivity index is 2.10. The minimum absolute atomic E-state index is 0.116. The van der Waals surface area contributed by atoms with Crippen molar-refractivity contribution >= 4 is 9.84 Å². The largest absolute Gasteiger partial charge is 0.387 e. The molecule has 1 aromatic rings. The van der Waals surface area contributed by atoms with Crippen molar-refractivity contribution in [1.82, 2.24) is 0 Å². The lowest BCUT2D eigenvalue weighted by atomic mass is 9.85. The standard InChI is InChI=1S/C15H22O3S/c1-11(2)8-13-4-6-14(7-5-13)12(3)15(16)9-19(17,18)10-15/h4-7,11-12,16H,8-10H2,1-3H3. The highest BCUT2D eigenvalue weighted by molar-refractivity contribution is 7.93. The van der Waals surface area contributed by atoms with Crippen LogP contribution < -0.4 is 0 Å². The van der Waals surface area contributed by atoms with Gasteiger partial charge in [0, 0.05) is 5.92 Å². The minimum Gasteiger partial charge on any atom is -0.387 e. The van der Waals surface area contributed by atoms with E-state index in [2.05, 4.69) is 26.0 Å². The number of aliphatic hydroxyl groups is 1. The zero-order valence-corrected chi connectivity index (χ0v) is 12.6. The van der Waals surface area contributed by atoms with Crippen LogP contribution in [0.15, 0.2) is 24.3 Å². The fraction of sp³-hybridized carbons (Fsp3) is 0.600. The van der Waals surface area contributed by atoms with Gasteiger partial charge >= 0.3 is 0 Å². The molecule has 0 spiro atoms. The van der Waals surface area contributed by atoms with Gasteiger partial charge in [0.15, 0.2) is 9.84 Å². The molecule has 0 aliphatic carbocycles. The van der Waals surface area contributed by atoms with Crippen LogP contribution >= 0.6 is 0 Å². The first kappa shape index (κ1) is 14.5. The summed E-state index contributed by atoms with van der Waals surface area (Å²) in [7, 11) is -3.02. The average molecular weight is 282 g/mol. The van der Waals surface area contributed by atoms with E-state index < -0.39 is 15.4 Å². The third-order valence-electron chi connectivity index (χ3n) is 3.87. The highest BCUT2D eigenvalue weighted by Crippen LogP contribution is 2.37. The van der Waals surface area contributed by atoms with Crippen molar-refractivity contribution in [2.45, 2.75) is 38.7 Å². The van der Waals surface area contributed by atoms with Gasteiger partial charge in [0.2, 0.25) is 0 Å². The van der Waals surface area contributed by atoms with E-state index in [0.717, 1.165) is 12.0 Å². The molecule has 1 N–H and O–H groups in total. The van der Waals surface area contributed by atoms with Gasteiger partial charge < -0.3 is 5.11 Å². The molecule has 1 aliphatic rings. The average Bonchev–Trinajstić information content (AvgIpc) is 2.25. The van der Waals surface area contributed by atoms with E-state index in [0.29, 0.717) is 5.92 Å². The van der Waals surface area contributed by atoms with E-state index in [1.54, 1.807) is 0 Å². The molecule has 0 amide bonds. The van der Waals surface area contributed by atoms with Crippen LogP contribution in [0.4, 0.5) is 0 Å². The number of hydrogen-bond acceptors (Lipinski definition) is 3. The molecule has 1 aliphatic heterocycles. The van der Waals surface area contributed by atoms with Gasteiger partial charge in [0.25, 0.3) is 0 Å². The lowest BCUT2D eigenvalue weighted by molar-refractivity contribution is 0.0474. The van der Waals surface area contributed by atoms with E-state index in [4.69, 9.17) is 0 Å². The smallest absolute Gasteiger partial charge is 0.156 e. The SMILES string of the molecule is CC(C)Cc1ccc(C(C)C2(O)CS(=O)(=O)C2)cc1. The van der Waals surface area contributed by atoms with E-state index >= 15 is 0 Å². The maximum Gasteiger partial charge on any atom is 0.156 e. The maximum absolute atomic E-state index is 11.3. The summed E-state index contributed by atoms with van der Waals surface area (Å²) in [5, 5.41) is 10.3. The van der Waals surface area contributed by atoms with E-state index in [1.807, 2.05) is 19.1 Å². The highest BCUT2D eigenvalue weighted by atomic mass is 32.2. The molecule has 106 valence electrons. The van der Waals surface area contributed by atoms with Crippen LogP contribution in [-0.4, -0.2) is 30.6 Å². The first-order valence-electron chi connectivity index (χ1n) is 6.73. The topological polar surface area (TPSA) is 54.4 Å². The molecule has 1 fully saturated rings. The zero-order chi connectivity index (χ0) is 14.3. The van der Waals surface area contributed by atoms with Crippen molar-refractivity contribution in [1.29, 1.82) is 0 Å². The Morgan fingerprint density at radius 2 is 1.68 bits per heavy atom. The van der Waals surface area contributed by atoms with Gasteiger partial charge in [-0.3, -0.25) is 0 Å². The van der Waals surface area contributed by atoms with Gasteiger partial charge in [-0.15, -0.1) is 0 Å². The lowest BCUT2D eigenvalue weighted by Crippen LogP contribution is -2.57. The molecule has 1 aromatic carbocycles. The monoisotopic (exact) mass is 282 g/mol. The number of benzene rings is 1. The Morgan fingerprint density at radius 1 is 1.16 bits per heavy atom.